The molecule has 0 radical (unpaired) electrons. The zero-order valence-corrected chi connectivity index (χ0v) is 7.56. The van der Waals surface area contributed by atoms with Gasteiger partial charge in [0.15, 0.2) is 0 Å². The molecule has 10 heavy (non-hydrogen) atoms. The van der Waals surface area contributed by atoms with Gasteiger partial charge in [0.25, 0.3) is 0 Å². The molecule has 1 unspecified atom stereocenters. The maximum atomic E-state index is 10.8. The maximum absolute atomic E-state index is 10.8. The Bertz CT molecular complexity index is 186. The Morgan fingerprint density at radius 2 is 2.20 bits per heavy atom. The van der Waals surface area contributed by atoms with E-state index < -0.39 is 9.73 Å². The monoisotopic (exact) mass is 184 g/mol. The molecule has 62 valence electrons. The molecule has 1 heterocycles. The molecule has 1 saturated heterocycles. The third-order valence-corrected chi connectivity index (χ3v) is 2.53. The van der Waals surface area contributed by atoms with Crippen LogP contribution in [0.5, 0.6) is 0 Å². The molecule has 5 heteroatoms. The Labute approximate surface area is 68.0 Å². The minimum Gasteiger partial charge on any atom is -0.316 e. The third-order valence-electron chi connectivity index (χ3n) is 1.42. The van der Waals surface area contributed by atoms with Crippen molar-refractivity contribution in [2.24, 2.45) is 5.92 Å². The van der Waals surface area contributed by atoms with Gasteiger partial charge in [-0.3, -0.25) is 8.99 Å². The van der Waals surface area contributed by atoms with Crippen molar-refractivity contribution < 1.29 is 4.21 Å². The van der Waals surface area contributed by atoms with E-state index in [1.54, 1.807) is 0 Å². The molecule has 1 fully saturated rings. The summed E-state index contributed by atoms with van der Waals surface area (Å²) in [6.45, 7) is 1.90. The van der Waals surface area contributed by atoms with E-state index in [2.05, 4.69) is 5.32 Å². The normalized spacial score (nSPS) is 24.1. The quantitative estimate of drug-likeness (QED) is 0.649. The van der Waals surface area contributed by atoms with Gasteiger partial charge in [-0.25, -0.2) is 0 Å². The van der Waals surface area contributed by atoms with Gasteiger partial charge < -0.3 is 5.32 Å². The van der Waals surface area contributed by atoms with Crippen molar-refractivity contribution in [3.05, 3.63) is 0 Å². The van der Waals surface area contributed by atoms with Crippen LogP contribution in [-0.4, -0.2) is 29.3 Å². The van der Waals surface area contributed by atoms with Crippen molar-refractivity contribution in [1.29, 1.82) is 4.78 Å². The van der Waals surface area contributed by atoms with Crippen LogP contribution in [0.4, 0.5) is 0 Å². The molecule has 0 saturated carbocycles. The second kappa shape index (κ2) is 3.55. The molecule has 1 atom stereocenters. The fourth-order valence-electron chi connectivity index (χ4n) is 0.916. The van der Waals surface area contributed by atoms with Crippen molar-refractivity contribution in [2.45, 2.75) is 0 Å². The Morgan fingerprint density at radius 1 is 1.70 bits per heavy atom. The predicted molar refractivity (Wildman–Crippen MR) is 45.3 cm³/mol. The molecule has 0 aromatic heterocycles. The lowest BCUT2D eigenvalue weighted by Gasteiger charge is -2.26. The zero-order valence-electron chi connectivity index (χ0n) is 5.92. The number of halogens is 1. The summed E-state index contributed by atoms with van der Waals surface area (Å²) in [6.07, 6.45) is 1.51. The van der Waals surface area contributed by atoms with Crippen LogP contribution in [0.2, 0.25) is 0 Å². The molecule has 0 aromatic carbocycles. The molecule has 0 spiro atoms. The third kappa shape index (κ3) is 3.39. The Balaban J connectivity index is 0.000000810. The van der Waals surface area contributed by atoms with Gasteiger partial charge in [0, 0.05) is 34.8 Å². The Morgan fingerprint density at radius 3 is 2.30 bits per heavy atom. The molecule has 1 aliphatic heterocycles. The average Bonchev–Trinajstić information content (AvgIpc) is 1.53. The number of rotatable bonds is 2. The minimum atomic E-state index is -2.22. The summed E-state index contributed by atoms with van der Waals surface area (Å²) in [4.78, 5) is 0. The van der Waals surface area contributed by atoms with Gasteiger partial charge in [-0.2, -0.15) is 0 Å². The first-order valence-electron chi connectivity index (χ1n) is 3.00. The number of nitrogens with one attached hydrogen (secondary N) is 2. The van der Waals surface area contributed by atoms with Crippen molar-refractivity contribution in [3.8, 4) is 0 Å². The highest BCUT2D eigenvalue weighted by Crippen LogP contribution is 2.05. The van der Waals surface area contributed by atoms with Crippen molar-refractivity contribution in [1.82, 2.24) is 5.32 Å². The van der Waals surface area contributed by atoms with Crippen LogP contribution in [-0.2, 0) is 9.73 Å². The van der Waals surface area contributed by atoms with Gasteiger partial charge in [0.05, 0.1) is 0 Å². The number of hydrogen-bond acceptors (Lipinski definition) is 3. The molecule has 2 N–H and O–H groups in total. The molecule has 1 aliphatic rings. The maximum Gasteiger partial charge on any atom is 0.0416 e. The molecule has 1 rings (SSSR count). The average molecular weight is 185 g/mol. The van der Waals surface area contributed by atoms with Crippen molar-refractivity contribution >= 4 is 22.1 Å². The van der Waals surface area contributed by atoms with E-state index in [1.165, 1.54) is 6.26 Å². The Kier molecular flexibility index (Phi) is 3.62. The zero-order chi connectivity index (χ0) is 6.91. The molecule has 0 amide bonds. The summed E-state index contributed by atoms with van der Waals surface area (Å²) in [5.74, 6) is 1.07. The van der Waals surface area contributed by atoms with Gasteiger partial charge in [-0.05, 0) is 5.92 Å². The van der Waals surface area contributed by atoms with Crippen LogP contribution in [0.25, 0.3) is 0 Å². The van der Waals surface area contributed by atoms with Gasteiger partial charge in [0.1, 0.15) is 0 Å². The highest BCUT2D eigenvalue weighted by atomic mass is 35.5. The van der Waals surface area contributed by atoms with E-state index in [4.69, 9.17) is 4.78 Å². The van der Waals surface area contributed by atoms with Gasteiger partial charge >= 0.3 is 0 Å². The van der Waals surface area contributed by atoms with Crippen LogP contribution < -0.4 is 5.32 Å². The SMILES string of the molecule is CS(=N)(=O)CC1CNC1.Cl. The van der Waals surface area contributed by atoms with E-state index in [0.29, 0.717) is 11.7 Å². The minimum absolute atomic E-state index is 0. The number of hydrogen-bond donors (Lipinski definition) is 2. The summed E-state index contributed by atoms with van der Waals surface area (Å²) in [7, 11) is -2.22. The molecule has 0 bridgehead atoms. The van der Waals surface area contributed by atoms with Crippen LogP contribution in [0, 0.1) is 10.7 Å². The second-order valence-electron chi connectivity index (χ2n) is 2.70. The standard InChI is InChI=1S/C5H12N2OS.ClH/c1-9(6,8)4-5-2-7-3-5;/h5-7H,2-4H2,1H3;1H. The summed E-state index contributed by atoms with van der Waals surface area (Å²) in [6, 6.07) is 0. The van der Waals surface area contributed by atoms with Crippen LogP contribution in [0.15, 0.2) is 0 Å². The van der Waals surface area contributed by atoms with Crippen LogP contribution >= 0.6 is 12.4 Å². The first kappa shape index (κ1) is 10.2. The first-order chi connectivity index (χ1) is 4.08. The van der Waals surface area contributed by atoms with Gasteiger partial charge in [0.2, 0.25) is 0 Å². The van der Waals surface area contributed by atoms with Crippen LogP contribution in [0.1, 0.15) is 0 Å². The summed E-state index contributed by atoms with van der Waals surface area (Å²) in [5, 5.41) is 3.07. The van der Waals surface area contributed by atoms with Gasteiger partial charge in [-0.15, -0.1) is 12.4 Å². The smallest absolute Gasteiger partial charge is 0.0416 e. The second-order valence-corrected chi connectivity index (χ2v) is 5.04. The van der Waals surface area contributed by atoms with Gasteiger partial charge in [-0.1, -0.05) is 0 Å². The summed E-state index contributed by atoms with van der Waals surface area (Å²) < 4.78 is 17.9. The molecule has 3 nitrogen and oxygen atoms in total. The Hall–Kier alpha value is 0.200. The van der Waals surface area contributed by atoms with Crippen molar-refractivity contribution in [3.63, 3.8) is 0 Å². The van der Waals surface area contributed by atoms with E-state index in [1.807, 2.05) is 0 Å². The lowest BCUT2D eigenvalue weighted by molar-refractivity contribution is 0.382. The van der Waals surface area contributed by atoms with E-state index in [-0.39, 0.29) is 12.4 Å². The van der Waals surface area contributed by atoms with Crippen LogP contribution in [0.3, 0.4) is 0 Å². The predicted octanol–water partition coefficient (Wildman–Crippen LogP) is 0.304. The lowest BCUT2D eigenvalue weighted by atomic mass is 10.1. The highest BCUT2D eigenvalue weighted by Gasteiger charge is 2.19. The molecule has 0 aromatic rings. The van der Waals surface area contributed by atoms with Crippen molar-refractivity contribution in [2.75, 3.05) is 25.1 Å². The fourth-order valence-corrected chi connectivity index (χ4v) is 2.05. The lowest BCUT2D eigenvalue weighted by Crippen LogP contribution is -2.45. The fraction of sp³-hybridized carbons (Fsp3) is 1.00. The molecular formula is C5H13ClN2OS. The van der Waals surface area contributed by atoms with E-state index in [0.717, 1.165) is 13.1 Å². The van der Waals surface area contributed by atoms with E-state index >= 15 is 0 Å². The topological polar surface area (TPSA) is 53.0 Å². The van der Waals surface area contributed by atoms with E-state index in [9.17, 15) is 4.21 Å². The largest absolute Gasteiger partial charge is 0.316 e. The summed E-state index contributed by atoms with van der Waals surface area (Å²) in [5.41, 5.74) is 0. The highest BCUT2D eigenvalue weighted by molar-refractivity contribution is 7.91. The first-order valence-corrected chi connectivity index (χ1v) is 5.13. The molecular weight excluding hydrogens is 172 g/mol. The molecule has 0 aliphatic carbocycles. The summed E-state index contributed by atoms with van der Waals surface area (Å²) >= 11 is 0.